The Hall–Kier alpha value is -3.86. The predicted octanol–water partition coefficient (Wildman–Crippen LogP) is 4.71. The molecule has 0 aliphatic carbocycles. The molecule has 30 heavy (non-hydrogen) atoms. The van der Waals surface area contributed by atoms with E-state index in [1.54, 1.807) is 13.2 Å². The van der Waals surface area contributed by atoms with Crippen LogP contribution in [0.4, 0.5) is 11.4 Å². The van der Waals surface area contributed by atoms with Crippen LogP contribution in [0, 0.1) is 13.8 Å². The molecule has 0 bridgehead atoms. The molecule has 3 aromatic carbocycles. The van der Waals surface area contributed by atoms with Crippen molar-refractivity contribution in [1.82, 2.24) is 0 Å². The van der Waals surface area contributed by atoms with Gasteiger partial charge in [-0.15, -0.1) is 0 Å². The van der Waals surface area contributed by atoms with E-state index in [0.29, 0.717) is 28.3 Å². The lowest BCUT2D eigenvalue weighted by Gasteiger charge is -2.18. The van der Waals surface area contributed by atoms with Gasteiger partial charge in [-0.25, -0.2) is 4.90 Å². The summed E-state index contributed by atoms with van der Waals surface area (Å²) in [4.78, 5) is 28.2. The number of anilines is 2. The third-order valence-electron chi connectivity index (χ3n) is 5.09. The lowest BCUT2D eigenvalue weighted by Crippen LogP contribution is -2.33. The minimum atomic E-state index is -0.379. The van der Waals surface area contributed by atoms with E-state index >= 15 is 0 Å². The smallest absolute Gasteiger partial charge is 0.282 e. The Bertz CT molecular complexity index is 1170. The van der Waals surface area contributed by atoms with E-state index < -0.39 is 0 Å². The van der Waals surface area contributed by atoms with Crippen molar-refractivity contribution in [2.75, 3.05) is 17.3 Å². The van der Waals surface area contributed by atoms with Crippen molar-refractivity contribution in [3.8, 4) is 5.75 Å². The van der Waals surface area contributed by atoms with Gasteiger partial charge in [0, 0.05) is 11.8 Å². The van der Waals surface area contributed by atoms with Crippen LogP contribution < -0.4 is 15.0 Å². The molecule has 0 radical (unpaired) electrons. The molecule has 0 saturated carbocycles. The average molecular weight is 398 g/mol. The first-order valence-corrected chi connectivity index (χ1v) is 9.66. The molecule has 1 N–H and O–H groups in total. The number of hydrogen-bond donors (Lipinski definition) is 1. The third-order valence-corrected chi connectivity index (χ3v) is 5.09. The summed E-state index contributed by atoms with van der Waals surface area (Å²) in [5.41, 5.74) is 4.39. The number of rotatable bonds is 5. The minimum Gasteiger partial charge on any atom is -0.497 e. The first-order valence-electron chi connectivity index (χ1n) is 9.66. The maximum atomic E-state index is 13.5. The van der Waals surface area contributed by atoms with E-state index in [9.17, 15) is 9.59 Å². The zero-order valence-corrected chi connectivity index (χ0v) is 17.1. The van der Waals surface area contributed by atoms with E-state index in [2.05, 4.69) is 5.32 Å². The highest BCUT2D eigenvalue weighted by Gasteiger charge is 2.40. The van der Waals surface area contributed by atoms with Gasteiger partial charge >= 0.3 is 0 Å². The number of methoxy groups -OCH3 is 1. The second kappa shape index (κ2) is 7.87. The van der Waals surface area contributed by atoms with Gasteiger partial charge in [0.15, 0.2) is 0 Å². The molecule has 5 heteroatoms. The van der Waals surface area contributed by atoms with E-state index in [-0.39, 0.29) is 17.5 Å². The minimum absolute atomic E-state index is 0.250. The van der Waals surface area contributed by atoms with Gasteiger partial charge in [-0.1, -0.05) is 48.5 Å². The molecule has 0 fully saturated rings. The monoisotopic (exact) mass is 398 g/mol. The van der Waals surface area contributed by atoms with Crippen LogP contribution in [-0.4, -0.2) is 18.9 Å². The number of hydrogen-bond acceptors (Lipinski definition) is 4. The Labute approximate surface area is 175 Å². The third kappa shape index (κ3) is 3.46. The normalized spacial score (nSPS) is 13.8. The van der Waals surface area contributed by atoms with Crippen LogP contribution in [-0.2, 0) is 9.59 Å². The summed E-state index contributed by atoms with van der Waals surface area (Å²) in [7, 11) is 1.58. The fourth-order valence-corrected chi connectivity index (χ4v) is 3.54. The molecule has 1 aliphatic heterocycles. The number of ether oxygens (including phenoxy) is 1. The molecular weight excluding hydrogens is 376 g/mol. The van der Waals surface area contributed by atoms with Crippen LogP contribution >= 0.6 is 0 Å². The molecule has 0 atom stereocenters. The molecule has 0 aromatic heterocycles. The highest BCUT2D eigenvalue weighted by Crippen LogP contribution is 2.35. The van der Waals surface area contributed by atoms with Crippen LogP contribution in [0.15, 0.2) is 78.5 Å². The maximum Gasteiger partial charge on any atom is 0.282 e. The quantitative estimate of drug-likeness (QED) is 0.633. The summed E-state index contributed by atoms with van der Waals surface area (Å²) in [6.07, 6.45) is 0. The van der Waals surface area contributed by atoms with Crippen molar-refractivity contribution >= 4 is 28.8 Å². The highest BCUT2D eigenvalue weighted by atomic mass is 16.5. The summed E-state index contributed by atoms with van der Waals surface area (Å²) >= 11 is 0. The van der Waals surface area contributed by atoms with Crippen molar-refractivity contribution in [2.24, 2.45) is 0 Å². The fourth-order valence-electron chi connectivity index (χ4n) is 3.54. The number of aryl methyl sites for hydroxylation is 2. The van der Waals surface area contributed by atoms with Gasteiger partial charge < -0.3 is 10.1 Å². The topological polar surface area (TPSA) is 58.6 Å². The Morgan fingerprint density at radius 2 is 1.60 bits per heavy atom. The number of benzene rings is 3. The van der Waals surface area contributed by atoms with E-state index in [4.69, 9.17) is 4.74 Å². The van der Waals surface area contributed by atoms with Crippen LogP contribution in [0.1, 0.15) is 16.7 Å². The van der Waals surface area contributed by atoms with Gasteiger partial charge in [-0.3, -0.25) is 9.59 Å². The maximum absolute atomic E-state index is 13.5. The summed E-state index contributed by atoms with van der Waals surface area (Å²) in [6.45, 7) is 3.83. The Kier molecular flexibility index (Phi) is 5.11. The fraction of sp³-hybridized carbons (Fsp3) is 0.120. The zero-order valence-electron chi connectivity index (χ0n) is 17.1. The summed E-state index contributed by atoms with van der Waals surface area (Å²) < 4.78 is 5.28. The first-order chi connectivity index (χ1) is 14.5. The molecule has 150 valence electrons. The Balaban J connectivity index is 1.84. The largest absolute Gasteiger partial charge is 0.497 e. The second-order valence-electron chi connectivity index (χ2n) is 7.21. The highest BCUT2D eigenvalue weighted by molar-refractivity contribution is 6.46. The molecule has 1 aliphatic rings. The average Bonchev–Trinajstić information content (AvgIpc) is 3.00. The summed E-state index contributed by atoms with van der Waals surface area (Å²) in [5, 5.41) is 3.17. The standard InChI is InChI=1S/C25H22N2O3/c1-16-12-13-17(2)21(14-16)27-24(28)22(18-8-5-4-6-9-18)23(25(27)29)26-19-10-7-11-20(15-19)30-3/h4-15,26H,1-3H3. The van der Waals surface area contributed by atoms with E-state index in [1.807, 2.05) is 80.6 Å². The van der Waals surface area contributed by atoms with Crippen LogP contribution in [0.25, 0.3) is 5.57 Å². The van der Waals surface area contributed by atoms with Crippen LogP contribution in [0.5, 0.6) is 5.75 Å². The first kappa shape index (κ1) is 19.5. The number of imide groups is 1. The number of amides is 2. The number of carbonyl (C=O) groups is 2. The van der Waals surface area contributed by atoms with Gasteiger partial charge in [0.1, 0.15) is 11.4 Å². The molecule has 0 saturated heterocycles. The lowest BCUT2D eigenvalue weighted by molar-refractivity contribution is -0.120. The van der Waals surface area contributed by atoms with E-state index in [1.165, 1.54) is 4.90 Å². The molecule has 0 spiro atoms. The van der Waals surface area contributed by atoms with Gasteiger partial charge in [-0.05, 0) is 48.7 Å². The van der Waals surface area contributed by atoms with Gasteiger partial charge in [0.2, 0.25) is 0 Å². The van der Waals surface area contributed by atoms with Crippen molar-refractivity contribution in [2.45, 2.75) is 13.8 Å². The van der Waals surface area contributed by atoms with E-state index in [0.717, 1.165) is 11.1 Å². The number of carbonyl (C=O) groups excluding carboxylic acids is 2. The predicted molar refractivity (Wildman–Crippen MR) is 118 cm³/mol. The van der Waals surface area contributed by atoms with Crippen molar-refractivity contribution in [1.29, 1.82) is 0 Å². The molecule has 0 unspecified atom stereocenters. The van der Waals surface area contributed by atoms with Gasteiger partial charge in [0.05, 0.1) is 18.4 Å². The molecule has 1 heterocycles. The van der Waals surface area contributed by atoms with Crippen LogP contribution in [0.3, 0.4) is 0 Å². The molecule has 5 nitrogen and oxygen atoms in total. The molecule has 2 amide bonds. The Morgan fingerprint density at radius 3 is 2.33 bits per heavy atom. The molecular formula is C25H22N2O3. The number of nitrogens with zero attached hydrogens (tertiary/aromatic N) is 1. The van der Waals surface area contributed by atoms with Crippen molar-refractivity contribution < 1.29 is 14.3 Å². The van der Waals surface area contributed by atoms with Gasteiger partial charge in [0.25, 0.3) is 11.8 Å². The number of nitrogens with one attached hydrogen (secondary N) is 1. The van der Waals surface area contributed by atoms with Crippen LogP contribution in [0.2, 0.25) is 0 Å². The SMILES string of the molecule is COc1cccc(NC2=C(c3ccccc3)C(=O)N(c3cc(C)ccc3C)C2=O)c1. The van der Waals surface area contributed by atoms with Crippen molar-refractivity contribution in [3.63, 3.8) is 0 Å². The summed E-state index contributed by atoms with van der Waals surface area (Å²) in [6, 6.07) is 22.3. The zero-order chi connectivity index (χ0) is 21.3. The van der Waals surface area contributed by atoms with Crippen molar-refractivity contribution in [3.05, 3.63) is 95.2 Å². The lowest BCUT2D eigenvalue weighted by atomic mass is 10.0. The molecule has 4 rings (SSSR count). The molecule has 3 aromatic rings. The summed E-state index contributed by atoms with van der Waals surface area (Å²) in [5.74, 6) is -0.0642. The van der Waals surface area contributed by atoms with Gasteiger partial charge in [-0.2, -0.15) is 0 Å². The second-order valence-corrected chi connectivity index (χ2v) is 7.21. The Morgan fingerprint density at radius 1 is 0.833 bits per heavy atom.